The smallest absolute Gasteiger partial charge is 0.252 e. The number of benzene rings is 15. The number of anilines is 6. The molecule has 0 aliphatic carbocycles. The molecule has 482 valence electrons. The second-order valence-electron chi connectivity index (χ2n) is 26.9. The van der Waals surface area contributed by atoms with E-state index in [0.717, 1.165) is 16.3 Å². The first-order chi connectivity index (χ1) is 60.7. The van der Waals surface area contributed by atoms with Crippen molar-refractivity contribution < 1.29 is 32.9 Å². The van der Waals surface area contributed by atoms with Gasteiger partial charge < -0.3 is 28.1 Å². The van der Waals surface area contributed by atoms with Crippen molar-refractivity contribution in [2.75, 3.05) is 9.80 Å². The van der Waals surface area contributed by atoms with Crippen molar-refractivity contribution in [1.82, 2.24) is 18.3 Å². The number of hydrogen-bond acceptors (Lipinski definition) is 3. The summed E-state index contributed by atoms with van der Waals surface area (Å²) in [6.07, 6.45) is 0. The summed E-state index contributed by atoms with van der Waals surface area (Å²) in [6, 6.07) is 45.4. The summed E-state index contributed by atoms with van der Waals surface area (Å²) in [5, 5.41) is 12.0. The number of nitriles is 1. The standard InChI is InChI=1S/C95H64BN7/c1-95(2,3)63-52-76(60-26-6-4-7-27-60)94(77(53-63)61-28-8-5-9-29-61)103-90-56-66(99-82-40-20-12-32-70(82)71-33-13-21-41-83(71)99)49-51-79(90)96-78-50-48-65(98-80-38-18-10-30-68(80)69-31-11-19-39-81(69)98)55-89(78)100(64-47-46-62(59-97)88(54-64)102-86-44-24-16-36-74(86)75-37-17-25-45-87(75)102)91-57-67(58-92(103)93(91)96)101-84-42-22-14-34-72(84)73-35-15-23-43-85(73)101/h4-58H,1-3H3/i10D,11D,12D,13D,14D,15D,18D,19D,20D,21D,22D,23D,30D,31D,32D,33D,34D,35D,38D,39D,40D,41D,42D,43D. The van der Waals surface area contributed by atoms with Crippen LogP contribution in [0.25, 0.3) is 132 Å². The predicted octanol–water partition coefficient (Wildman–Crippen LogP) is 22.7. The quantitative estimate of drug-likeness (QED) is 0.142. The molecule has 8 heteroatoms. The zero-order valence-electron chi connectivity index (χ0n) is 79.1. The molecule has 6 heterocycles. The van der Waals surface area contributed by atoms with Crippen LogP contribution in [0.5, 0.6) is 0 Å². The molecule has 0 fully saturated rings. The van der Waals surface area contributed by atoms with Gasteiger partial charge in [0.1, 0.15) is 6.07 Å². The van der Waals surface area contributed by atoms with E-state index in [4.69, 9.17) is 5.48 Å². The van der Waals surface area contributed by atoms with Crippen LogP contribution in [0.4, 0.5) is 34.1 Å². The van der Waals surface area contributed by atoms with Crippen LogP contribution in [0.3, 0.4) is 0 Å². The average molecular weight is 1340 g/mol. The minimum absolute atomic E-state index is 0.0191. The third-order valence-electron chi connectivity index (χ3n) is 20.4. The molecule has 19 aromatic rings. The molecule has 0 bridgehead atoms. The first-order valence-corrected chi connectivity index (χ1v) is 33.6. The summed E-state index contributed by atoms with van der Waals surface area (Å²) < 4.78 is 236. The molecule has 0 saturated heterocycles. The Morgan fingerprint density at radius 2 is 0.680 bits per heavy atom. The van der Waals surface area contributed by atoms with Gasteiger partial charge in [-0.15, -0.1) is 0 Å². The van der Waals surface area contributed by atoms with Crippen LogP contribution in [0, 0.1) is 11.3 Å². The fourth-order valence-electron chi connectivity index (χ4n) is 16.0. The molecule has 2 aliphatic rings. The average Bonchev–Trinajstić information content (AvgIpc) is 1.66. The van der Waals surface area contributed by atoms with E-state index in [1.54, 1.807) is 48.5 Å². The summed E-state index contributed by atoms with van der Waals surface area (Å²) in [7, 11) is 0. The highest BCUT2D eigenvalue weighted by atomic mass is 15.2. The van der Waals surface area contributed by atoms with E-state index in [0.29, 0.717) is 72.4 Å². The Bertz CT molecular complexity index is 8010. The van der Waals surface area contributed by atoms with Gasteiger partial charge in [0.2, 0.25) is 0 Å². The van der Waals surface area contributed by atoms with E-state index in [9.17, 15) is 32.7 Å². The molecule has 0 atom stereocenters. The van der Waals surface area contributed by atoms with Gasteiger partial charge in [-0.1, -0.05) is 239 Å². The topological polar surface area (TPSA) is 50.0 Å². The molecule has 7 nitrogen and oxygen atoms in total. The Hall–Kier alpha value is -13.3. The van der Waals surface area contributed by atoms with E-state index in [-0.39, 0.29) is 105 Å². The highest BCUT2D eigenvalue weighted by Crippen LogP contribution is 2.54. The third-order valence-corrected chi connectivity index (χ3v) is 20.4. The summed E-state index contributed by atoms with van der Waals surface area (Å²) in [5.41, 5.74) is 7.23. The lowest BCUT2D eigenvalue weighted by molar-refractivity contribution is 0.591. The molecule has 0 radical (unpaired) electrons. The van der Waals surface area contributed by atoms with Crippen LogP contribution in [0.1, 0.15) is 64.8 Å². The Labute approximate surface area is 629 Å². The van der Waals surface area contributed by atoms with Gasteiger partial charge in [-0.05, 0) is 154 Å². The van der Waals surface area contributed by atoms with Crippen molar-refractivity contribution in [3.8, 4) is 51.1 Å². The molecule has 15 aromatic carbocycles. The van der Waals surface area contributed by atoms with Gasteiger partial charge in [0.15, 0.2) is 0 Å². The van der Waals surface area contributed by atoms with Gasteiger partial charge in [-0.2, -0.15) is 5.26 Å². The molecule has 0 saturated carbocycles. The first-order valence-electron chi connectivity index (χ1n) is 45.6. The lowest BCUT2D eigenvalue weighted by atomic mass is 9.33. The first kappa shape index (κ1) is 39.4. The Balaban J connectivity index is 1.01. The molecule has 0 N–H and O–H groups in total. The fourth-order valence-corrected chi connectivity index (χ4v) is 16.0. The summed E-state index contributed by atoms with van der Waals surface area (Å²) in [6.45, 7) is 5.18. The molecule has 2 aliphatic heterocycles. The van der Waals surface area contributed by atoms with Gasteiger partial charge in [-0.3, -0.25) is 0 Å². The number of hydrogen-bond donors (Lipinski definition) is 0. The highest BCUT2D eigenvalue weighted by molar-refractivity contribution is 7.00. The van der Waals surface area contributed by atoms with Crippen LogP contribution in [-0.2, 0) is 5.41 Å². The van der Waals surface area contributed by atoms with Gasteiger partial charge in [-0.25, -0.2) is 0 Å². The van der Waals surface area contributed by atoms with Crippen LogP contribution in [0.15, 0.2) is 333 Å². The van der Waals surface area contributed by atoms with Gasteiger partial charge in [0.05, 0.1) is 99.7 Å². The number of aromatic nitrogens is 4. The zero-order chi connectivity index (χ0) is 89.2. The van der Waals surface area contributed by atoms with Crippen molar-refractivity contribution in [1.29, 1.82) is 5.26 Å². The number of fused-ring (bicyclic) bond motifs is 16. The molecule has 21 rings (SSSR count). The Morgan fingerprint density at radius 1 is 0.320 bits per heavy atom. The van der Waals surface area contributed by atoms with E-state index in [1.165, 1.54) is 13.7 Å². The van der Waals surface area contributed by atoms with Crippen molar-refractivity contribution in [2.24, 2.45) is 0 Å². The van der Waals surface area contributed by atoms with Crippen LogP contribution in [-0.4, -0.2) is 25.0 Å². The summed E-state index contributed by atoms with van der Waals surface area (Å²) in [4.78, 5) is 3.94. The fraction of sp³-hybridized carbons (Fsp3) is 0.0421. The van der Waals surface area contributed by atoms with Crippen molar-refractivity contribution in [2.45, 2.75) is 26.2 Å². The number of nitrogens with zero attached hydrogens (tertiary/aromatic N) is 7. The SMILES string of the molecule is [2H]c1c([2H])c([2H])c2c(c1[2H])c1c([2H])c([2H])c([2H])c([2H])c1n2-c1ccc2c(c1)N(c1ccc(C#N)c(-n3c4ccccc4c4ccccc43)c1)c1cc(-n3c4c([2H])c([2H])c([2H])c([2H])c4c4c([2H])c([2H])c([2H])c([2H])c43)cc3c1B2c1ccc(-n2c4c([2H])c([2H])c([2H])c([2H])c4c4c([2H])c([2H])c([2H])c([2H])c42)cc1N3c1c(-c2ccccc2)cc(C(C)(C)C)cc1-c1ccccc1. The molecule has 0 unspecified atom stereocenters. The van der Waals surface area contributed by atoms with Gasteiger partial charge in [0.25, 0.3) is 6.71 Å². The van der Waals surface area contributed by atoms with Gasteiger partial charge >= 0.3 is 0 Å². The lowest BCUT2D eigenvalue weighted by Gasteiger charge is -2.45. The molecular weight excluding hydrogens is 1250 g/mol. The normalized spacial score (nSPS) is 16.0. The lowest BCUT2D eigenvalue weighted by Crippen LogP contribution is -2.61. The van der Waals surface area contributed by atoms with Crippen molar-refractivity contribution in [3.63, 3.8) is 0 Å². The van der Waals surface area contributed by atoms with Crippen LogP contribution < -0.4 is 26.2 Å². The van der Waals surface area contributed by atoms with E-state index < -0.39 is 157 Å². The maximum Gasteiger partial charge on any atom is 0.252 e. The Morgan fingerprint density at radius 3 is 1.11 bits per heavy atom. The number of rotatable bonds is 8. The molecule has 0 spiro atoms. The second kappa shape index (κ2) is 22.3. The number of para-hydroxylation sites is 8. The summed E-state index contributed by atoms with van der Waals surface area (Å²) in [5.74, 6) is 0. The maximum absolute atomic E-state index is 11.6. The maximum atomic E-state index is 11.6. The minimum Gasteiger partial charge on any atom is -0.311 e. The highest BCUT2D eigenvalue weighted by Gasteiger charge is 2.46. The summed E-state index contributed by atoms with van der Waals surface area (Å²) >= 11 is 0. The largest absolute Gasteiger partial charge is 0.311 e. The monoisotopic (exact) mass is 1340 g/mol. The third kappa shape index (κ3) is 8.64. The zero-order valence-corrected chi connectivity index (χ0v) is 55.1. The second-order valence-corrected chi connectivity index (χ2v) is 26.9. The van der Waals surface area contributed by atoms with E-state index in [1.807, 2.05) is 142 Å². The van der Waals surface area contributed by atoms with Crippen LogP contribution in [0.2, 0.25) is 0 Å². The van der Waals surface area contributed by atoms with E-state index in [2.05, 4.69) is 39.0 Å². The predicted molar refractivity (Wildman–Crippen MR) is 432 cm³/mol. The van der Waals surface area contributed by atoms with E-state index >= 15 is 0 Å². The molecule has 4 aromatic heterocycles. The molecular formula is C95H64BN7. The molecule has 103 heavy (non-hydrogen) atoms. The van der Waals surface area contributed by atoms with Gasteiger partial charge in [0, 0.05) is 94.0 Å². The van der Waals surface area contributed by atoms with Crippen molar-refractivity contribution >= 4 is 144 Å². The Kier molecular flexibility index (Phi) is 8.55. The van der Waals surface area contributed by atoms with Crippen molar-refractivity contribution in [3.05, 3.63) is 344 Å². The molecule has 0 amide bonds. The minimum atomic E-state index is -1.10. The van der Waals surface area contributed by atoms with Crippen LogP contribution >= 0.6 is 0 Å².